The summed E-state index contributed by atoms with van der Waals surface area (Å²) in [5, 5.41) is 10.1. The van der Waals surface area contributed by atoms with E-state index >= 15 is 0 Å². The number of halogens is 2. The Morgan fingerprint density at radius 2 is 1.77 bits per heavy atom. The summed E-state index contributed by atoms with van der Waals surface area (Å²) in [6, 6.07) is 12.0. The van der Waals surface area contributed by atoms with Crippen molar-refractivity contribution in [2.75, 3.05) is 7.11 Å². The lowest BCUT2D eigenvalue weighted by Gasteiger charge is -2.39. The average Bonchev–Trinajstić information content (AvgIpc) is 3.27. The molecule has 136 valence electrons. The molecule has 3 unspecified atom stereocenters. The van der Waals surface area contributed by atoms with Gasteiger partial charge in [-0.2, -0.15) is 0 Å². The maximum absolute atomic E-state index is 11.8. The second kappa shape index (κ2) is 6.68. The summed E-state index contributed by atoms with van der Waals surface area (Å²) in [5.41, 5.74) is 2.95. The number of phenols is 1. The van der Waals surface area contributed by atoms with Crippen LogP contribution in [-0.2, 0) is 10.2 Å². The summed E-state index contributed by atoms with van der Waals surface area (Å²) in [4.78, 5) is 11.8. The number of carbonyl (C=O) groups excluding carboxylic acids is 1. The van der Waals surface area contributed by atoms with E-state index in [1.54, 1.807) is 0 Å². The highest BCUT2D eigenvalue weighted by atomic mass is 79.9. The van der Waals surface area contributed by atoms with Gasteiger partial charge in [-0.3, -0.25) is 0 Å². The Morgan fingerprint density at radius 3 is 2.27 bits per heavy atom. The zero-order valence-electron chi connectivity index (χ0n) is 14.5. The third-order valence-electron chi connectivity index (χ3n) is 6.20. The Morgan fingerprint density at radius 1 is 1.12 bits per heavy atom. The van der Waals surface area contributed by atoms with Crippen molar-refractivity contribution in [2.45, 2.75) is 31.1 Å². The van der Waals surface area contributed by atoms with Gasteiger partial charge < -0.3 is 9.84 Å². The molecule has 0 saturated heterocycles. The number of ether oxygens (including phenoxy) is 1. The van der Waals surface area contributed by atoms with Crippen LogP contribution in [0.4, 0.5) is 0 Å². The minimum atomic E-state index is -0.311. The van der Waals surface area contributed by atoms with Crippen LogP contribution in [0.15, 0.2) is 45.3 Å². The Bertz CT molecular complexity index is 839. The van der Waals surface area contributed by atoms with Crippen molar-refractivity contribution in [3.63, 3.8) is 0 Å². The number of fused-ring (bicyclic) bond motifs is 2. The van der Waals surface area contributed by atoms with E-state index < -0.39 is 0 Å². The van der Waals surface area contributed by atoms with Crippen LogP contribution in [0.25, 0.3) is 0 Å². The minimum Gasteiger partial charge on any atom is -0.506 e. The summed E-state index contributed by atoms with van der Waals surface area (Å²) in [6.07, 6.45) is 4.88. The molecule has 0 radical (unpaired) electrons. The zero-order chi connectivity index (χ0) is 18.5. The van der Waals surface area contributed by atoms with Crippen LogP contribution in [0.3, 0.4) is 0 Å². The van der Waals surface area contributed by atoms with E-state index in [0.29, 0.717) is 20.4 Å². The highest BCUT2D eigenvalue weighted by Gasteiger charge is 2.53. The monoisotopic (exact) mass is 478 g/mol. The van der Waals surface area contributed by atoms with E-state index in [2.05, 4.69) is 56.1 Å². The number of methoxy groups -OCH3 is 1. The molecule has 2 aliphatic rings. The largest absolute Gasteiger partial charge is 0.506 e. The number of hydrogen-bond donors (Lipinski definition) is 1. The van der Waals surface area contributed by atoms with Gasteiger partial charge in [-0.05, 0) is 98.4 Å². The van der Waals surface area contributed by atoms with E-state index in [9.17, 15) is 9.90 Å². The summed E-state index contributed by atoms with van der Waals surface area (Å²) < 4.78 is 6.23. The molecule has 26 heavy (non-hydrogen) atoms. The van der Waals surface area contributed by atoms with Gasteiger partial charge in [-0.1, -0.05) is 18.6 Å². The maximum Gasteiger partial charge on any atom is 0.337 e. The molecule has 0 spiro atoms. The van der Waals surface area contributed by atoms with Gasteiger partial charge in [-0.25, -0.2) is 4.79 Å². The van der Waals surface area contributed by atoms with Crippen molar-refractivity contribution in [2.24, 2.45) is 11.8 Å². The number of aromatic hydroxyl groups is 1. The van der Waals surface area contributed by atoms with Crippen LogP contribution in [-0.4, -0.2) is 18.2 Å². The normalized spacial score (nSPS) is 26.9. The summed E-state index contributed by atoms with van der Waals surface area (Å²) in [7, 11) is 1.40. The van der Waals surface area contributed by atoms with Crippen molar-refractivity contribution >= 4 is 37.8 Å². The second-order valence-corrected chi connectivity index (χ2v) is 9.12. The fourth-order valence-electron chi connectivity index (χ4n) is 5.05. The highest BCUT2D eigenvalue weighted by molar-refractivity contribution is 9.11. The lowest BCUT2D eigenvalue weighted by atomic mass is 9.64. The maximum atomic E-state index is 11.8. The molecule has 0 heterocycles. The van der Waals surface area contributed by atoms with Gasteiger partial charge in [0, 0.05) is 5.41 Å². The molecular weight excluding hydrogens is 460 g/mol. The molecular formula is C21H20Br2O3. The van der Waals surface area contributed by atoms with Gasteiger partial charge in [0.05, 0.1) is 21.6 Å². The Kier molecular flexibility index (Phi) is 4.64. The van der Waals surface area contributed by atoms with E-state index in [1.165, 1.54) is 37.5 Å². The minimum absolute atomic E-state index is 0.0731. The number of benzene rings is 2. The molecule has 5 heteroatoms. The number of esters is 1. The zero-order valence-corrected chi connectivity index (χ0v) is 17.6. The highest BCUT2D eigenvalue weighted by Crippen LogP contribution is 2.60. The molecule has 0 aromatic heterocycles. The molecule has 4 rings (SSSR count). The first kappa shape index (κ1) is 18.1. The molecule has 2 fully saturated rings. The molecule has 2 aliphatic carbocycles. The van der Waals surface area contributed by atoms with Crippen LogP contribution in [0, 0.1) is 11.8 Å². The van der Waals surface area contributed by atoms with E-state index in [0.717, 1.165) is 12.3 Å². The van der Waals surface area contributed by atoms with Gasteiger partial charge in [-0.15, -0.1) is 0 Å². The van der Waals surface area contributed by atoms with Crippen molar-refractivity contribution in [1.29, 1.82) is 0 Å². The lowest BCUT2D eigenvalue weighted by Crippen LogP contribution is -2.34. The van der Waals surface area contributed by atoms with Gasteiger partial charge in [0.2, 0.25) is 0 Å². The first-order valence-corrected chi connectivity index (χ1v) is 10.4. The third-order valence-corrected chi connectivity index (χ3v) is 7.41. The van der Waals surface area contributed by atoms with Crippen LogP contribution >= 0.6 is 31.9 Å². The first-order chi connectivity index (χ1) is 12.5. The second-order valence-electron chi connectivity index (χ2n) is 7.41. The number of rotatable bonds is 3. The van der Waals surface area contributed by atoms with Gasteiger partial charge in [0.1, 0.15) is 5.75 Å². The van der Waals surface area contributed by atoms with Crippen LogP contribution in [0.1, 0.15) is 47.2 Å². The molecule has 2 aromatic rings. The Balaban J connectivity index is 1.85. The summed E-state index contributed by atoms with van der Waals surface area (Å²) in [6.45, 7) is 0. The summed E-state index contributed by atoms with van der Waals surface area (Å²) in [5.74, 6) is 1.24. The third kappa shape index (κ3) is 2.71. The first-order valence-electron chi connectivity index (χ1n) is 8.83. The topological polar surface area (TPSA) is 46.5 Å². The average molecular weight is 480 g/mol. The predicted molar refractivity (Wildman–Crippen MR) is 108 cm³/mol. The SMILES string of the molecule is COC(=O)c1ccc(C2(c3cc(Br)c(O)c(Br)c3)CC3CCC2C3)cc1. The van der Waals surface area contributed by atoms with Gasteiger partial charge in [0.25, 0.3) is 0 Å². The number of phenolic OH excluding ortho intramolecular Hbond substituents is 1. The quantitative estimate of drug-likeness (QED) is 0.565. The Labute approximate surface area is 170 Å². The molecule has 0 amide bonds. The fourth-order valence-corrected chi connectivity index (χ4v) is 6.23. The van der Waals surface area contributed by atoms with Crippen molar-refractivity contribution in [3.05, 3.63) is 62.0 Å². The van der Waals surface area contributed by atoms with E-state index in [-0.39, 0.29) is 17.1 Å². The molecule has 0 aliphatic heterocycles. The van der Waals surface area contributed by atoms with Crippen LogP contribution < -0.4 is 0 Å². The number of carbonyl (C=O) groups is 1. The lowest BCUT2D eigenvalue weighted by molar-refractivity contribution is 0.0600. The van der Waals surface area contributed by atoms with Crippen LogP contribution in [0.2, 0.25) is 0 Å². The van der Waals surface area contributed by atoms with Crippen molar-refractivity contribution in [1.82, 2.24) is 0 Å². The molecule has 3 atom stereocenters. The predicted octanol–water partition coefficient (Wildman–Crippen LogP) is 5.81. The van der Waals surface area contributed by atoms with Crippen LogP contribution in [0.5, 0.6) is 5.75 Å². The standard InChI is InChI=1S/C21H20Br2O3/c1-26-20(25)13-3-6-14(7-4-13)21(11-12-2-5-15(21)8-12)16-9-17(22)19(24)18(23)10-16/h3-4,6-7,9-10,12,15,24H,2,5,8,11H2,1H3. The smallest absolute Gasteiger partial charge is 0.337 e. The van der Waals surface area contributed by atoms with E-state index in [4.69, 9.17) is 4.74 Å². The number of hydrogen-bond acceptors (Lipinski definition) is 3. The Hall–Kier alpha value is -1.33. The summed E-state index contributed by atoms with van der Waals surface area (Å²) >= 11 is 6.99. The molecule has 2 aromatic carbocycles. The van der Waals surface area contributed by atoms with Gasteiger partial charge in [0.15, 0.2) is 0 Å². The van der Waals surface area contributed by atoms with Crippen molar-refractivity contribution < 1.29 is 14.6 Å². The molecule has 2 saturated carbocycles. The van der Waals surface area contributed by atoms with Gasteiger partial charge >= 0.3 is 5.97 Å². The van der Waals surface area contributed by atoms with Crippen molar-refractivity contribution in [3.8, 4) is 5.75 Å². The molecule has 1 N–H and O–H groups in total. The molecule has 3 nitrogen and oxygen atoms in total. The fraction of sp³-hybridized carbons (Fsp3) is 0.381. The molecule has 2 bridgehead atoms. The van der Waals surface area contributed by atoms with E-state index in [1.807, 2.05) is 12.1 Å².